The van der Waals surface area contributed by atoms with Crippen molar-refractivity contribution in [3.8, 4) is 0 Å². The molecule has 0 fully saturated rings. The van der Waals surface area contributed by atoms with Crippen molar-refractivity contribution in [3.63, 3.8) is 0 Å². The molecule has 0 spiro atoms. The van der Waals surface area contributed by atoms with Crippen LogP contribution in [-0.2, 0) is 0 Å². The molecule has 1 N–H and O–H groups in total. The molecule has 0 saturated carbocycles. The minimum absolute atomic E-state index is 0.447. The first-order valence-electron chi connectivity index (χ1n) is 6.25. The minimum atomic E-state index is -0.481. The summed E-state index contributed by atoms with van der Waals surface area (Å²) in [5.41, 5.74) is 2.92. The van der Waals surface area contributed by atoms with E-state index < -0.39 is 5.24 Å². The number of carbonyl (C=O) groups excluding carboxylic acids is 1. The van der Waals surface area contributed by atoms with Crippen LogP contribution in [0.5, 0.6) is 0 Å². The van der Waals surface area contributed by atoms with Crippen molar-refractivity contribution in [1.29, 1.82) is 0 Å². The highest BCUT2D eigenvalue weighted by Crippen LogP contribution is 2.27. The molecule has 104 valence electrons. The first kappa shape index (κ1) is 13.9. The van der Waals surface area contributed by atoms with Crippen molar-refractivity contribution in [2.24, 2.45) is 0 Å². The highest BCUT2D eigenvalue weighted by Gasteiger charge is 2.05. The van der Waals surface area contributed by atoms with Gasteiger partial charge in [0.15, 0.2) is 0 Å². The summed E-state index contributed by atoms with van der Waals surface area (Å²) in [5.74, 6) is 0. The Labute approximate surface area is 131 Å². The van der Waals surface area contributed by atoms with E-state index in [0.29, 0.717) is 10.6 Å². The Bertz CT molecular complexity index is 833. The highest BCUT2D eigenvalue weighted by atomic mass is 35.5. The maximum Gasteiger partial charge on any atom is 0.252 e. The van der Waals surface area contributed by atoms with E-state index >= 15 is 0 Å². The summed E-state index contributed by atoms with van der Waals surface area (Å²) >= 11 is 11.5. The zero-order valence-electron chi connectivity index (χ0n) is 10.8. The number of pyridine rings is 1. The average Bonchev–Trinajstić information content (AvgIpc) is 2.47. The summed E-state index contributed by atoms with van der Waals surface area (Å²) in [6, 6.07) is 14.4. The predicted octanol–water partition coefficient (Wildman–Crippen LogP) is 5.01. The summed E-state index contributed by atoms with van der Waals surface area (Å²) in [7, 11) is 0. The Morgan fingerprint density at radius 3 is 2.76 bits per heavy atom. The standard InChI is InChI=1S/C16H10Cl2N2O/c17-11-4-5-13-14(6-7-19-15(13)9-11)20-12-3-1-2-10(8-12)16(18)21/h1-9H,(H,19,20). The number of nitrogens with one attached hydrogen (secondary N) is 1. The minimum Gasteiger partial charge on any atom is -0.355 e. The third kappa shape index (κ3) is 2.99. The van der Waals surface area contributed by atoms with E-state index in [-0.39, 0.29) is 0 Å². The predicted molar refractivity (Wildman–Crippen MR) is 86.7 cm³/mol. The van der Waals surface area contributed by atoms with E-state index in [0.717, 1.165) is 22.3 Å². The van der Waals surface area contributed by atoms with E-state index in [1.165, 1.54) is 0 Å². The molecule has 3 aromatic rings. The van der Waals surface area contributed by atoms with E-state index in [4.69, 9.17) is 23.2 Å². The number of hydrogen-bond donors (Lipinski definition) is 1. The Hall–Kier alpha value is -2.10. The summed E-state index contributed by atoms with van der Waals surface area (Å²) in [6.07, 6.45) is 1.71. The molecule has 0 atom stereocenters. The monoisotopic (exact) mass is 316 g/mol. The van der Waals surface area contributed by atoms with Crippen LogP contribution >= 0.6 is 23.2 Å². The lowest BCUT2D eigenvalue weighted by Crippen LogP contribution is -1.95. The van der Waals surface area contributed by atoms with Gasteiger partial charge in [-0.3, -0.25) is 9.78 Å². The van der Waals surface area contributed by atoms with Crippen molar-refractivity contribution in [3.05, 3.63) is 65.3 Å². The number of aromatic nitrogens is 1. The molecule has 0 aliphatic heterocycles. The number of fused-ring (bicyclic) bond motifs is 1. The van der Waals surface area contributed by atoms with E-state index in [1.807, 2.05) is 24.3 Å². The second-order valence-corrected chi connectivity index (χ2v) is 5.28. The summed E-state index contributed by atoms with van der Waals surface area (Å²) in [4.78, 5) is 15.5. The van der Waals surface area contributed by atoms with Crippen LogP contribution in [-0.4, -0.2) is 10.2 Å². The largest absolute Gasteiger partial charge is 0.355 e. The molecule has 0 unspecified atom stereocenters. The summed E-state index contributed by atoms with van der Waals surface area (Å²) in [5, 5.41) is 4.38. The normalized spacial score (nSPS) is 10.6. The molecule has 2 aromatic carbocycles. The first-order chi connectivity index (χ1) is 10.1. The number of carbonyl (C=O) groups is 1. The lowest BCUT2D eigenvalue weighted by molar-refractivity contribution is 0.108. The van der Waals surface area contributed by atoms with E-state index in [1.54, 1.807) is 30.5 Å². The Balaban J connectivity index is 2.02. The number of benzene rings is 2. The fourth-order valence-electron chi connectivity index (χ4n) is 2.10. The van der Waals surface area contributed by atoms with Gasteiger partial charge in [-0.1, -0.05) is 17.7 Å². The van der Waals surface area contributed by atoms with Crippen molar-refractivity contribution in [2.45, 2.75) is 0 Å². The molecule has 0 amide bonds. The van der Waals surface area contributed by atoms with Gasteiger partial charge in [0.1, 0.15) is 0 Å². The molecule has 5 heteroatoms. The van der Waals surface area contributed by atoms with Crippen LogP contribution in [0.1, 0.15) is 10.4 Å². The molecular weight excluding hydrogens is 307 g/mol. The number of halogens is 2. The van der Waals surface area contributed by atoms with Gasteiger partial charge in [0.2, 0.25) is 0 Å². The molecule has 21 heavy (non-hydrogen) atoms. The third-order valence-corrected chi connectivity index (χ3v) is 3.53. The molecule has 0 aliphatic carbocycles. The lowest BCUT2D eigenvalue weighted by atomic mass is 10.1. The SMILES string of the molecule is O=C(Cl)c1cccc(Nc2ccnc3cc(Cl)ccc23)c1. The van der Waals surface area contributed by atoms with Crippen LogP contribution < -0.4 is 5.32 Å². The van der Waals surface area contributed by atoms with Crippen molar-refractivity contribution in [2.75, 3.05) is 5.32 Å². The van der Waals surface area contributed by atoms with Crippen molar-refractivity contribution >= 4 is 50.7 Å². The van der Waals surface area contributed by atoms with Crippen LogP contribution in [0.4, 0.5) is 11.4 Å². The highest BCUT2D eigenvalue weighted by molar-refractivity contribution is 6.67. The molecule has 1 aromatic heterocycles. The lowest BCUT2D eigenvalue weighted by Gasteiger charge is -2.10. The number of anilines is 2. The van der Waals surface area contributed by atoms with Crippen molar-refractivity contribution in [1.82, 2.24) is 4.98 Å². The van der Waals surface area contributed by atoms with Crippen LogP contribution in [0.2, 0.25) is 5.02 Å². The van der Waals surface area contributed by atoms with Gasteiger partial charge in [-0.05, 0) is 54.1 Å². The average molecular weight is 317 g/mol. The molecule has 3 nitrogen and oxygen atoms in total. The zero-order valence-corrected chi connectivity index (χ0v) is 12.3. The summed E-state index contributed by atoms with van der Waals surface area (Å²) < 4.78 is 0. The van der Waals surface area contributed by atoms with Crippen LogP contribution in [0.25, 0.3) is 10.9 Å². The van der Waals surface area contributed by atoms with Gasteiger partial charge in [-0.15, -0.1) is 0 Å². The maximum absolute atomic E-state index is 11.2. The molecule has 0 saturated heterocycles. The maximum atomic E-state index is 11.2. The van der Waals surface area contributed by atoms with Gasteiger partial charge in [0, 0.05) is 33.5 Å². The second kappa shape index (κ2) is 5.72. The van der Waals surface area contributed by atoms with E-state index in [9.17, 15) is 4.79 Å². The van der Waals surface area contributed by atoms with E-state index in [2.05, 4.69) is 10.3 Å². The fraction of sp³-hybridized carbons (Fsp3) is 0. The topological polar surface area (TPSA) is 42.0 Å². The summed E-state index contributed by atoms with van der Waals surface area (Å²) in [6.45, 7) is 0. The van der Waals surface area contributed by atoms with Crippen molar-refractivity contribution < 1.29 is 4.79 Å². The molecule has 0 aliphatic rings. The fourth-order valence-corrected chi connectivity index (χ4v) is 2.39. The third-order valence-electron chi connectivity index (χ3n) is 3.07. The number of rotatable bonds is 3. The van der Waals surface area contributed by atoms with Crippen LogP contribution in [0.15, 0.2) is 54.7 Å². The quantitative estimate of drug-likeness (QED) is 0.690. The molecule has 1 heterocycles. The van der Waals surface area contributed by atoms with Gasteiger partial charge in [-0.2, -0.15) is 0 Å². The molecule has 3 rings (SSSR count). The van der Waals surface area contributed by atoms with Gasteiger partial charge >= 0.3 is 0 Å². The van der Waals surface area contributed by atoms with Gasteiger partial charge < -0.3 is 5.32 Å². The Morgan fingerprint density at radius 1 is 1.10 bits per heavy atom. The second-order valence-electron chi connectivity index (χ2n) is 4.50. The van der Waals surface area contributed by atoms with Crippen LogP contribution in [0.3, 0.4) is 0 Å². The number of hydrogen-bond acceptors (Lipinski definition) is 3. The van der Waals surface area contributed by atoms with Gasteiger partial charge in [0.05, 0.1) is 5.52 Å². The number of nitrogens with zero attached hydrogens (tertiary/aromatic N) is 1. The van der Waals surface area contributed by atoms with Gasteiger partial charge in [-0.25, -0.2) is 0 Å². The zero-order chi connectivity index (χ0) is 14.8. The molecular formula is C16H10Cl2N2O. The molecule has 0 radical (unpaired) electrons. The van der Waals surface area contributed by atoms with Gasteiger partial charge in [0.25, 0.3) is 5.24 Å². The molecule has 0 bridgehead atoms. The Morgan fingerprint density at radius 2 is 1.95 bits per heavy atom. The van der Waals surface area contributed by atoms with Crippen LogP contribution in [0, 0.1) is 0 Å². The first-order valence-corrected chi connectivity index (χ1v) is 7.00. The smallest absolute Gasteiger partial charge is 0.252 e. The Kier molecular flexibility index (Phi) is 3.78.